The molecule has 2 aliphatic heterocycles. The Hall–Kier alpha value is -3.58. The third-order valence-corrected chi connectivity index (χ3v) is 5.18. The zero-order valence-corrected chi connectivity index (χ0v) is 14.8. The van der Waals surface area contributed by atoms with Crippen LogP contribution >= 0.6 is 0 Å². The Kier molecular flexibility index (Phi) is 3.65. The predicted octanol–water partition coefficient (Wildman–Crippen LogP) is 4.42. The minimum absolute atomic E-state index is 0.703. The van der Waals surface area contributed by atoms with Crippen LogP contribution in [-0.4, -0.2) is 19.0 Å². The number of nitriles is 1. The van der Waals surface area contributed by atoms with Gasteiger partial charge in [0.25, 0.3) is 0 Å². The van der Waals surface area contributed by atoms with Crippen LogP contribution in [0.5, 0.6) is 0 Å². The van der Waals surface area contributed by atoms with Crippen LogP contribution in [0.4, 0.5) is 11.4 Å². The summed E-state index contributed by atoms with van der Waals surface area (Å²) >= 11 is 0. The molecule has 2 aliphatic rings. The second-order valence-corrected chi connectivity index (χ2v) is 6.76. The van der Waals surface area contributed by atoms with Crippen LogP contribution in [-0.2, 0) is 6.54 Å². The molecule has 3 aromatic carbocycles. The van der Waals surface area contributed by atoms with Gasteiger partial charge < -0.3 is 9.80 Å². The third kappa shape index (κ3) is 2.56. The Morgan fingerprint density at radius 3 is 2.44 bits per heavy atom. The number of benzene rings is 3. The normalized spacial score (nSPS) is 14.6. The Bertz CT molecular complexity index is 1080. The van der Waals surface area contributed by atoms with Crippen LogP contribution in [0.15, 0.2) is 77.8 Å². The Morgan fingerprint density at radius 2 is 1.63 bits per heavy atom. The Balaban J connectivity index is 1.45. The summed E-state index contributed by atoms with van der Waals surface area (Å²) in [7, 11) is 0. The zero-order chi connectivity index (χ0) is 18.2. The van der Waals surface area contributed by atoms with Crippen molar-refractivity contribution < 1.29 is 0 Å². The summed E-state index contributed by atoms with van der Waals surface area (Å²) in [5.74, 6) is 1.05. The summed E-state index contributed by atoms with van der Waals surface area (Å²) in [6, 6.07) is 27.0. The molecule has 0 N–H and O–H groups in total. The number of hydrogen-bond donors (Lipinski definition) is 0. The zero-order valence-electron chi connectivity index (χ0n) is 14.8. The summed E-state index contributed by atoms with van der Waals surface area (Å²) in [5, 5.41) is 9.33. The fraction of sp³-hybridized carbons (Fsp3) is 0.130. The molecular formula is C23H18N4. The maximum atomic E-state index is 9.33. The lowest BCUT2D eigenvalue weighted by molar-refractivity contribution is 1.01. The summed E-state index contributed by atoms with van der Waals surface area (Å²) < 4.78 is 0. The van der Waals surface area contributed by atoms with E-state index in [0.717, 1.165) is 36.7 Å². The van der Waals surface area contributed by atoms with Gasteiger partial charge >= 0.3 is 0 Å². The second kappa shape index (κ2) is 6.30. The molecule has 130 valence electrons. The molecular weight excluding hydrogens is 332 g/mol. The lowest BCUT2D eigenvalue weighted by Crippen LogP contribution is -2.34. The fourth-order valence-electron chi connectivity index (χ4n) is 3.88. The van der Waals surface area contributed by atoms with E-state index in [1.165, 1.54) is 16.9 Å². The number of guanidine groups is 1. The predicted molar refractivity (Wildman–Crippen MR) is 109 cm³/mol. The van der Waals surface area contributed by atoms with Crippen molar-refractivity contribution in [1.82, 2.24) is 0 Å². The van der Waals surface area contributed by atoms with Crippen molar-refractivity contribution in [2.45, 2.75) is 6.54 Å². The maximum Gasteiger partial charge on any atom is 0.206 e. The highest BCUT2D eigenvalue weighted by Crippen LogP contribution is 2.39. The molecule has 0 aromatic heterocycles. The van der Waals surface area contributed by atoms with Crippen LogP contribution < -0.4 is 9.80 Å². The number of nitrogens with zero attached hydrogens (tertiary/aromatic N) is 4. The number of rotatable bonds is 3. The van der Waals surface area contributed by atoms with Gasteiger partial charge in [0, 0.05) is 6.54 Å². The van der Waals surface area contributed by atoms with Crippen molar-refractivity contribution in [1.29, 1.82) is 5.26 Å². The van der Waals surface area contributed by atoms with Crippen LogP contribution in [0.3, 0.4) is 0 Å². The average Bonchev–Trinajstić information content (AvgIpc) is 3.31. The van der Waals surface area contributed by atoms with Crippen molar-refractivity contribution in [2.24, 2.45) is 4.99 Å². The van der Waals surface area contributed by atoms with Gasteiger partial charge in [-0.2, -0.15) is 5.26 Å². The Morgan fingerprint density at radius 1 is 0.889 bits per heavy atom. The van der Waals surface area contributed by atoms with E-state index in [0.29, 0.717) is 5.56 Å². The first-order valence-electron chi connectivity index (χ1n) is 9.12. The monoisotopic (exact) mass is 350 g/mol. The molecule has 0 saturated carbocycles. The van der Waals surface area contributed by atoms with E-state index in [1.807, 2.05) is 24.3 Å². The molecule has 3 aromatic rings. The van der Waals surface area contributed by atoms with E-state index in [4.69, 9.17) is 4.99 Å². The highest BCUT2D eigenvalue weighted by atomic mass is 15.5. The van der Waals surface area contributed by atoms with Crippen molar-refractivity contribution >= 4 is 17.3 Å². The van der Waals surface area contributed by atoms with E-state index in [2.05, 4.69) is 64.4 Å². The number of para-hydroxylation sites is 2. The molecule has 0 unspecified atom stereocenters. The highest BCUT2D eigenvalue weighted by molar-refractivity contribution is 6.16. The molecule has 4 nitrogen and oxygen atoms in total. The van der Waals surface area contributed by atoms with Gasteiger partial charge in [-0.3, -0.25) is 4.99 Å². The van der Waals surface area contributed by atoms with Crippen molar-refractivity contribution in [3.05, 3.63) is 83.9 Å². The quantitative estimate of drug-likeness (QED) is 0.702. The van der Waals surface area contributed by atoms with Crippen molar-refractivity contribution in [3.63, 3.8) is 0 Å². The molecule has 27 heavy (non-hydrogen) atoms. The van der Waals surface area contributed by atoms with Crippen molar-refractivity contribution in [3.8, 4) is 17.2 Å². The van der Waals surface area contributed by atoms with Gasteiger partial charge in [-0.05, 0) is 34.9 Å². The average molecular weight is 350 g/mol. The topological polar surface area (TPSA) is 42.6 Å². The summed E-state index contributed by atoms with van der Waals surface area (Å²) in [5.41, 5.74) is 6.43. The van der Waals surface area contributed by atoms with Crippen LogP contribution in [0.25, 0.3) is 11.1 Å². The first kappa shape index (κ1) is 15.7. The molecule has 0 radical (unpaired) electrons. The molecule has 0 bridgehead atoms. The SMILES string of the molecule is N#Cc1ccccc1-c1ccc(CN2C3=NCCN3c3ccccc32)cc1. The summed E-state index contributed by atoms with van der Waals surface area (Å²) in [6.07, 6.45) is 0. The van der Waals surface area contributed by atoms with E-state index < -0.39 is 0 Å². The number of anilines is 2. The van der Waals surface area contributed by atoms with Gasteiger partial charge in [-0.25, -0.2) is 0 Å². The smallest absolute Gasteiger partial charge is 0.206 e. The Labute approximate surface area is 158 Å². The van der Waals surface area contributed by atoms with E-state index >= 15 is 0 Å². The second-order valence-electron chi connectivity index (χ2n) is 6.76. The molecule has 0 amide bonds. The van der Waals surface area contributed by atoms with Crippen LogP contribution in [0.1, 0.15) is 11.1 Å². The van der Waals surface area contributed by atoms with Crippen molar-refractivity contribution in [2.75, 3.05) is 22.9 Å². The maximum absolute atomic E-state index is 9.33. The number of hydrogen-bond acceptors (Lipinski definition) is 4. The van der Waals surface area contributed by atoms with Gasteiger partial charge in [-0.15, -0.1) is 0 Å². The highest BCUT2D eigenvalue weighted by Gasteiger charge is 2.34. The van der Waals surface area contributed by atoms with Gasteiger partial charge in [0.1, 0.15) is 0 Å². The minimum atomic E-state index is 0.703. The minimum Gasteiger partial charge on any atom is -0.308 e. The lowest BCUT2D eigenvalue weighted by Gasteiger charge is -2.19. The van der Waals surface area contributed by atoms with E-state index in [9.17, 15) is 5.26 Å². The molecule has 5 rings (SSSR count). The van der Waals surface area contributed by atoms with Gasteiger partial charge in [-0.1, -0.05) is 54.6 Å². The van der Waals surface area contributed by atoms with E-state index in [1.54, 1.807) is 0 Å². The third-order valence-electron chi connectivity index (χ3n) is 5.18. The van der Waals surface area contributed by atoms with Gasteiger partial charge in [0.2, 0.25) is 5.96 Å². The van der Waals surface area contributed by atoms with Crippen LogP contribution in [0, 0.1) is 11.3 Å². The first-order valence-corrected chi connectivity index (χ1v) is 9.12. The molecule has 2 heterocycles. The molecule has 0 spiro atoms. The molecule has 0 fully saturated rings. The standard InChI is InChI=1S/C23H18N4/c24-15-19-5-1-2-6-20(19)18-11-9-17(10-12-18)16-27-22-8-4-3-7-21(22)26-14-13-25-23(26)27/h1-12H,13-14,16H2. The van der Waals surface area contributed by atoms with E-state index in [-0.39, 0.29) is 0 Å². The van der Waals surface area contributed by atoms with Crippen LogP contribution in [0.2, 0.25) is 0 Å². The number of aliphatic imine (C=N–C) groups is 1. The van der Waals surface area contributed by atoms with Gasteiger partial charge in [0.05, 0.1) is 36.1 Å². The molecule has 4 heteroatoms. The summed E-state index contributed by atoms with van der Waals surface area (Å²) in [6.45, 7) is 2.59. The first-order chi connectivity index (χ1) is 13.3. The lowest BCUT2D eigenvalue weighted by atomic mass is 9.99. The summed E-state index contributed by atoms with van der Waals surface area (Å²) in [4.78, 5) is 9.30. The fourth-order valence-corrected chi connectivity index (χ4v) is 3.88. The molecule has 0 aliphatic carbocycles. The molecule has 0 atom stereocenters. The molecule has 0 saturated heterocycles. The van der Waals surface area contributed by atoms with Gasteiger partial charge in [0.15, 0.2) is 0 Å². The number of fused-ring (bicyclic) bond motifs is 3. The largest absolute Gasteiger partial charge is 0.308 e.